The minimum atomic E-state index is 0.348. The molecule has 3 N–H and O–H groups in total. The highest BCUT2D eigenvalue weighted by Crippen LogP contribution is 2.23. The molecule has 6 nitrogen and oxygen atoms in total. The van der Waals surface area contributed by atoms with Crippen LogP contribution in [0.25, 0.3) is 16.7 Å². The lowest BCUT2D eigenvalue weighted by atomic mass is 10.2. The van der Waals surface area contributed by atoms with Crippen LogP contribution in [0.5, 0.6) is 0 Å². The van der Waals surface area contributed by atoms with Crippen LogP contribution in [0.3, 0.4) is 0 Å². The molecule has 0 aliphatic rings. The summed E-state index contributed by atoms with van der Waals surface area (Å²) >= 11 is 0. The first-order valence-corrected chi connectivity index (χ1v) is 4.88. The van der Waals surface area contributed by atoms with E-state index in [2.05, 4.69) is 20.5 Å². The molecule has 0 spiro atoms. The third-order valence-corrected chi connectivity index (χ3v) is 2.52. The average Bonchev–Trinajstić information content (AvgIpc) is 2.70. The minimum absolute atomic E-state index is 0.348. The summed E-state index contributed by atoms with van der Waals surface area (Å²) in [7, 11) is 1.82. The van der Waals surface area contributed by atoms with Gasteiger partial charge in [-0.2, -0.15) is 4.98 Å². The fourth-order valence-electron chi connectivity index (χ4n) is 1.81. The second-order valence-electron chi connectivity index (χ2n) is 3.42. The maximum Gasteiger partial charge on any atom is 0.258 e. The number of hydrogen-bond acceptors (Lipinski definition) is 5. The molecule has 6 heteroatoms. The smallest absolute Gasteiger partial charge is 0.258 e. The van der Waals surface area contributed by atoms with Crippen molar-refractivity contribution in [1.82, 2.24) is 19.6 Å². The van der Waals surface area contributed by atoms with Gasteiger partial charge in [0.1, 0.15) is 5.82 Å². The molecular formula is C10H10N6. The first-order chi connectivity index (χ1) is 7.81. The van der Waals surface area contributed by atoms with E-state index in [0.717, 1.165) is 16.7 Å². The second kappa shape index (κ2) is 3.06. The zero-order chi connectivity index (χ0) is 11.1. The standard InChI is InChI=1S/C10H10N6/c1-12-8-6-4-2-3-5-7(6)16-9(11)14-15-10(16)13-8/h2-5H,1H3,(H2,11,14)(H,12,13,15). The summed E-state index contributed by atoms with van der Waals surface area (Å²) in [6.07, 6.45) is 0. The van der Waals surface area contributed by atoms with E-state index in [1.807, 2.05) is 31.3 Å². The Balaban J connectivity index is 2.60. The van der Waals surface area contributed by atoms with E-state index in [1.165, 1.54) is 0 Å². The van der Waals surface area contributed by atoms with Crippen LogP contribution in [-0.4, -0.2) is 26.6 Å². The molecule has 0 unspecified atom stereocenters. The zero-order valence-corrected chi connectivity index (χ0v) is 8.68. The number of nitrogens with one attached hydrogen (secondary N) is 1. The number of para-hydroxylation sites is 1. The van der Waals surface area contributed by atoms with E-state index in [-0.39, 0.29) is 0 Å². The Morgan fingerprint density at radius 1 is 1.25 bits per heavy atom. The summed E-state index contributed by atoms with van der Waals surface area (Å²) in [6, 6.07) is 7.84. The van der Waals surface area contributed by atoms with Gasteiger partial charge in [-0.25, -0.2) is 4.40 Å². The van der Waals surface area contributed by atoms with Crippen LogP contribution in [0.4, 0.5) is 11.8 Å². The molecule has 2 heterocycles. The number of rotatable bonds is 1. The summed E-state index contributed by atoms with van der Waals surface area (Å²) < 4.78 is 1.73. The van der Waals surface area contributed by atoms with E-state index in [9.17, 15) is 0 Å². The zero-order valence-electron chi connectivity index (χ0n) is 8.68. The maximum atomic E-state index is 5.76. The van der Waals surface area contributed by atoms with Gasteiger partial charge in [-0.1, -0.05) is 12.1 Å². The van der Waals surface area contributed by atoms with Gasteiger partial charge in [0.25, 0.3) is 5.78 Å². The molecule has 0 bridgehead atoms. The highest BCUT2D eigenvalue weighted by molar-refractivity contribution is 5.91. The third-order valence-electron chi connectivity index (χ3n) is 2.52. The number of nitrogens with two attached hydrogens (primary N) is 1. The number of benzene rings is 1. The Labute approximate surface area is 91.1 Å². The van der Waals surface area contributed by atoms with Crippen LogP contribution < -0.4 is 11.1 Å². The average molecular weight is 214 g/mol. The van der Waals surface area contributed by atoms with Crippen molar-refractivity contribution in [2.24, 2.45) is 0 Å². The second-order valence-corrected chi connectivity index (χ2v) is 3.42. The molecule has 16 heavy (non-hydrogen) atoms. The molecule has 0 amide bonds. The summed E-state index contributed by atoms with van der Waals surface area (Å²) in [5.41, 5.74) is 6.71. The Bertz CT molecular complexity index is 671. The fourth-order valence-corrected chi connectivity index (χ4v) is 1.81. The highest BCUT2D eigenvalue weighted by Gasteiger charge is 2.10. The topological polar surface area (TPSA) is 81.1 Å². The fraction of sp³-hybridized carbons (Fsp3) is 0.100. The van der Waals surface area contributed by atoms with Crippen LogP contribution in [0.15, 0.2) is 24.3 Å². The minimum Gasteiger partial charge on any atom is -0.372 e. The van der Waals surface area contributed by atoms with Crippen LogP contribution in [0.2, 0.25) is 0 Å². The number of anilines is 2. The van der Waals surface area contributed by atoms with Crippen molar-refractivity contribution in [3.63, 3.8) is 0 Å². The Morgan fingerprint density at radius 3 is 2.88 bits per heavy atom. The quantitative estimate of drug-likeness (QED) is 0.629. The third kappa shape index (κ3) is 1.04. The molecule has 0 saturated carbocycles. The highest BCUT2D eigenvalue weighted by atomic mass is 15.3. The summed E-state index contributed by atoms with van der Waals surface area (Å²) in [5, 5.41) is 11.8. The normalized spacial score (nSPS) is 11.1. The van der Waals surface area contributed by atoms with Crippen LogP contribution in [-0.2, 0) is 0 Å². The molecule has 0 aliphatic heterocycles. The Morgan fingerprint density at radius 2 is 2.06 bits per heavy atom. The lowest BCUT2D eigenvalue weighted by Gasteiger charge is -2.06. The van der Waals surface area contributed by atoms with E-state index in [0.29, 0.717) is 11.7 Å². The van der Waals surface area contributed by atoms with Crippen molar-refractivity contribution in [3.8, 4) is 0 Å². The van der Waals surface area contributed by atoms with Crippen molar-refractivity contribution in [1.29, 1.82) is 0 Å². The van der Waals surface area contributed by atoms with Crippen LogP contribution in [0, 0.1) is 0 Å². The van der Waals surface area contributed by atoms with Gasteiger partial charge in [-0.3, -0.25) is 0 Å². The molecule has 0 atom stereocenters. The number of aromatic nitrogens is 4. The van der Waals surface area contributed by atoms with E-state index < -0.39 is 0 Å². The Kier molecular flexibility index (Phi) is 1.70. The molecule has 2 aromatic heterocycles. The molecule has 0 fully saturated rings. The van der Waals surface area contributed by atoms with Crippen molar-refractivity contribution in [2.45, 2.75) is 0 Å². The molecule has 0 radical (unpaired) electrons. The summed E-state index contributed by atoms with van der Waals surface area (Å²) in [5.74, 6) is 1.62. The lowest BCUT2D eigenvalue weighted by molar-refractivity contribution is 1.10. The Hall–Kier alpha value is -2.37. The number of fused-ring (bicyclic) bond motifs is 3. The molecule has 0 aliphatic carbocycles. The molecule has 1 aromatic carbocycles. The van der Waals surface area contributed by atoms with Crippen molar-refractivity contribution in [2.75, 3.05) is 18.1 Å². The van der Waals surface area contributed by atoms with E-state index >= 15 is 0 Å². The van der Waals surface area contributed by atoms with Gasteiger partial charge in [0.15, 0.2) is 0 Å². The number of hydrogen-bond donors (Lipinski definition) is 2. The number of nitrogen functional groups attached to an aromatic ring is 1. The monoisotopic (exact) mass is 214 g/mol. The first-order valence-electron chi connectivity index (χ1n) is 4.88. The van der Waals surface area contributed by atoms with Crippen molar-refractivity contribution >= 4 is 28.4 Å². The first kappa shape index (κ1) is 8.90. The SMILES string of the molecule is CNc1nc2nnc(N)n2c2ccccc12. The van der Waals surface area contributed by atoms with E-state index in [1.54, 1.807) is 4.40 Å². The van der Waals surface area contributed by atoms with Gasteiger partial charge in [0, 0.05) is 12.4 Å². The summed E-state index contributed by atoms with van der Waals surface area (Å²) in [6.45, 7) is 0. The van der Waals surface area contributed by atoms with Crippen LogP contribution >= 0.6 is 0 Å². The predicted molar refractivity (Wildman–Crippen MR) is 62.2 cm³/mol. The van der Waals surface area contributed by atoms with Crippen molar-refractivity contribution < 1.29 is 0 Å². The van der Waals surface area contributed by atoms with Gasteiger partial charge in [0.2, 0.25) is 5.95 Å². The lowest BCUT2D eigenvalue weighted by Crippen LogP contribution is -2.01. The predicted octanol–water partition coefficient (Wildman–Crippen LogP) is 0.901. The van der Waals surface area contributed by atoms with Gasteiger partial charge >= 0.3 is 0 Å². The van der Waals surface area contributed by atoms with Gasteiger partial charge in [-0.15, -0.1) is 10.2 Å². The largest absolute Gasteiger partial charge is 0.372 e. The van der Waals surface area contributed by atoms with Crippen LogP contribution in [0.1, 0.15) is 0 Å². The summed E-state index contributed by atoms with van der Waals surface area (Å²) in [4.78, 5) is 4.34. The molecule has 3 rings (SSSR count). The van der Waals surface area contributed by atoms with Crippen molar-refractivity contribution in [3.05, 3.63) is 24.3 Å². The van der Waals surface area contributed by atoms with Gasteiger partial charge in [-0.05, 0) is 12.1 Å². The van der Waals surface area contributed by atoms with Gasteiger partial charge < -0.3 is 11.1 Å². The maximum absolute atomic E-state index is 5.76. The van der Waals surface area contributed by atoms with E-state index in [4.69, 9.17) is 5.73 Å². The van der Waals surface area contributed by atoms with Gasteiger partial charge in [0.05, 0.1) is 5.52 Å². The molecule has 80 valence electrons. The molecular weight excluding hydrogens is 204 g/mol. The number of nitrogens with zero attached hydrogens (tertiary/aromatic N) is 4. The molecule has 0 saturated heterocycles. The molecule has 3 aromatic rings.